The molecule has 0 amide bonds. The average molecular weight is 518 g/mol. The van der Waals surface area contributed by atoms with Crippen molar-refractivity contribution in [2.45, 2.75) is 58.6 Å². The highest BCUT2D eigenvalue weighted by Crippen LogP contribution is 2.44. The fraction of sp³-hybridized carbons (Fsp3) is 0.333. The van der Waals surface area contributed by atoms with Crippen LogP contribution in [0.15, 0.2) is 30.8 Å². The molecule has 3 aromatic rings. The zero-order chi connectivity index (χ0) is 27.4. The van der Waals surface area contributed by atoms with E-state index < -0.39 is 52.6 Å². The lowest BCUT2D eigenvalue weighted by Gasteiger charge is -2.25. The molecule has 0 bridgehead atoms. The van der Waals surface area contributed by atoms with Crippen molar-refractivity contribution < 1.29 is 39.5 Å². The van der Waals surface area contributed by atoms with Crippen LogP contribution in [0, 0.1) is 0 Å². The summed E-state index contributed by atoms with van der Waals surface area (Å²) < 4.78 is 124. The molecule has 0 aliphatic heterocycles. The van der Waals surface area contributed by atoms with E-state index >= 15 is 0 Å². The van der Waals surface area contributed by atoms with Crippen LogP contribution >= 0.6 is 0 Å². The minimum Gasteiger partial charge on any atom is -0.166 e. The zero-order valence-corrected chi connectivity index (χ0v) is 19.7. The maximum absolute atomic E-state index is 13.9. The maximum Gasteiger partial charge on any atom is 0.417 e. The number of alkyl halides is 9. The molecule has 36 heavy (non-hydrogen) atoms. The van der Waals surface area contributed by atoms with Gasteiger partial charge in [0.1, 0.15) is 0 Å². The van der Waals surface area contributed by atoms with Crippen molar-refractivity contribution in [2.24, 2.45) is 0 Å². The Bertz CT molecular complexity index is 1470. The Balaban J connectivity index is 0.00000176. The molecular formula is C27H23F9. The van der Waals surface area contributed by atoms with E-state index in [0.717, 1.165) is 6.07 Å². The standard InChI is InChI=1S/C25H17F9.C2H6/c1-4-13-5-6-16-15-8-10-17(24(29,30)31)20(12(3)23(26,27)28)19(15)11(2)14-7-9-18(25(32,33)34)21(13)22(14)16;1-2/h5-6,8,10H,2-4,7,9H2,1H3;1-2H3. The number of hydrogen-bond donors (Lipinski definition) is 0. The van der Waals surface area contributed by atoms with Gasteiger partial charge in [-0.1, -0.05) is 52.1 Å². The summed E-state index contributed by atoms with van der Waals surface area (Å²) in [5.74, 6) is 0. The first-order valence-corrected chi connectivity index (χ1v) is 11.2. The molecule has 0 saturated heterocycles. The van der Waals surface area contributed by atoms with Crippen LogP contribution in [0.1, 0.15) is 49.4 Å². The molecule has 0 aromatic heterocycles. The molecule has 0 nitrogen and oxygen atoms in total. The summed E-state index contributed by atoms with van der Waals surface area (Å²) in [6.07, 6.45) is -15.3. The zero-order valence-electron chi connectivity index (χ0n) is 19.7. The largest absolute Gasteiger partial charge is 0.417 e. The third kappa shape index (κ3) is 4.37. The van der Waals surface area contributed by atoms with Gasteiger partial charge in [-0.25, -0.2) is 0 Å². The Morgan fingerprint density at radius 1 is 0.806 bits per heavy atom. The Morgan fingerprint density at radius 2 is 1.36 bits per heavy atom. The maximum atomic E-state index is 13.9. The normalized spacial score (nSPS) is 14.2. The minimum absolute atomic E-state index is 0.0375. The van der Waals surface area contributed by atoms with Crippen LogP contribution in [-0.4, -0.2) is 12.4 Å². The van der Waals surface area contributed by atoms with Crippen molar-refractivity contribution >= 4 is 39.3 Å². The lowest BCUT2D eigenvalue weighted by Crippen LogP contribution is -2.30. The predicted octanol–water partition coefficient (Wildman–Crippen LogP) is 8.25. The highest BCUT2D eigenvalue weighted by Gasteiger charge is 2.42. The quantitative estimate of drug-likeness (QED) is 0.237. The fourth-order valence-corrected chi connectivity index (χ4v) is 4.89. The molecule has 4 rings (SSSR count). The second-order valence-electron chi connectivity index (χ2n) is 8.19. The summed E-state index contributed by atoms with van der Waals surface area (Å²) in [5.41, 5.74) is -4.50. The van der Waals surface area contributed by atoms with Gasteiger partial charge in [-0.15, -0.1) is 0 Å². The summed E-state index contributed by atoms with van der Waals surface area (Å²) in [7, 11) is 0. The highest BCUT2D eigenvalue weighted by atomic mass is 19.4. The number of benzene rings is 3. The molecule has 0 saturated carbocycles. The van der Waals surface area contributed by atoms with Crippen LogP contribution in [-0.2, 0) is 19.0 Å². The molecule has 0 radical (unpaired) electrons. The van der Waals surface area contributed by atoms with Gasteiger partial charge in [0.2, 0.25) is 0 Å². The van der Waals surface area contributed by atoms with E-state index in [4.69, 9.17) is 0 Å². The molecule has 1 aliphatic rings. The highest BCUT2D eigenvalue weighted by molar-refractivity contribution is 6.13. The molecule has 0 heterocycles. The van der Waals surface area contributed by atoms with E-state index in [1.165, 1.54) is 12.1 Å². The van der Waals surface area contributed by atoms with E-state index in [9.17, 15) is 39.5 Å². The van der Waals surface area contributed by atoms with Gasteiger partial charge in [0.25, 0.3) is 0 Å². The van der Waals surface area contributed by atoms with E-state index in [-0.39, 0.29) is 45.0 Å². The lowest BCUT2D eigenvalue weighted by molar-refractivity contribution is -0.138. The van der Waals surface area contributed by atoms with E-state index in [0.29, 0.717) is 11.6 Å². The van der Waals surface area contributed by atoms with Crippen molar-refractivity contribution in [1.82, 2.24) is 0 Å². The smallest absolute Gasteiger partial charge is 0.166 e. The van der Waals surface area contributed by atoms with Gasteiger partial charge < -0.3 is 0 Å². The van der Waals surface area contributed by atoms with Crippen LogP contribution in [0.4, 0.5) is 39.5 Å². The van der Waals surface area contributed by atoms with E-state index in [2.05, 4.69) is 13.2 Å². The summed E-state index contributed by atoms with van der Waals surface area (Å²) in [4.78, 5) is 0. The summed E-state index contributed by atoms with van der Waals surface area (Å²) in [6, 6.07) is 4.41. The Kier molecular flexibility index (Phi) is 7.03. The number of rotatable bonds is 2. The minimum atomic E-state index is -5.17. The van der Waals surface area contributed by atoms with Crippen LogP contribution in [0.3, 0.4) is 0 Å². The summed E-state index contributed by atoms with van der Waals surface area (Å²) in [6.45, 7) is 12.3. The van der Waals surface area contributed by atoms with Crippen LogP contribution in [0.25, 0.3) is 39.3 Å². The van der Waals surface area contributed by atoms with Crippen molar-refractivity contribution in [3.63, 3.8) is 0 Å². The SMILES string of the molecule is C=C(c1c(C(F)(F)F)ccc2c1c(=C)c1c3c(c(CC)ccc32)=C(C(F)(F)F)CC1)C(F)(F)F.CC. The third-order valence-corrected chi connectivity index (χ3v) is 6.35. The molecule has 9 heteroatoms. The summed E-state index contributed by atoms with van der Waals surface area (Å²) in [5, 5.41) is -0.314. The second-order valence-corrected chi connectivity index (χ2v) is 8.19. The average Bonchev–Trinajstić information content (AvgIpc) is 2.79. The molecule has 1 aliphatic carbocycles. The van der Waals surface area contributed by atoms with Gasteiger partial charge in [-0.3, -0.25) is 0 Å². The van der Waals surface area contributed by atoms with Gasteiger partial charge in [0, 0.05) is 11.1 Å². The first-order valence-electron chi connectivity index (χ1n) is 11.2. The van der Waals surface area contributed by atoms with Crippen LogP contribution in [0.2, 0.25) is 0 Å². The molecule has 0 spiro atoms. The van der Waals surface area contributed by atoms with Crippen molar-refractivity contribution in [1.29, 1.82) is 0 Å². The second kappa shape index (κ2) is 9.16. The molecule has 3 aromatic carbocycles. The van der Waals surface area contributed by atoms with Gasteiger partial charge in [-0.05, 0) is 68.4 Å². The number of hydrogen-bond acceptors (Lipinski definition) is 0. The van der Waals surface area contributed by atoms with Crippen molar-refractivity contribution in [3.05, 3.63) is 63.5 Å². The Labute approximate surface area is 201 Å². The van der Waals surface area contributed by atoms with Gasteiger partial charge in [0.05, 0.1) is 11.1 Å². The molecule has 0 atom stereocenters. The number of halogens is 9. The van der Waals surface area contributed by atoms with Gasteiger partial charge >= 0.3 is 18.5 Å². The van der Waals surface area contributed by atoms with E-state index in [1.54, 1.807) is 6.92 Å². The van der Waals surface area contributed by atoms with Crippen molar-refractivity contribution in [3.8, 4) is 0 Å². The Hall–Kier alpha value is -2.97. The molecule has 0 fully saturated rings. The number of aryl methyl sites for hydroxylation is 2. The van der Waals surface area contributed by atoms with Gasteiger partial charge in [-0.2, -0.15) is 39.5 Å². The first-order chi connectivity index (χ1) is 16.6. The first kappa shape index (κ1) is 27.6. The molecule has 0 N–H and O–H groups in total. The predicted molar refractivity (Wildman–Crippen MR) is 125 cm³/mol. The molecular weight excluding hydrogens is 495 g/mol. The fourth-order valence-electron chi connectivity index (χ4n) is 4.89. The Morgan fingerprint density at radius 3 is 1.86 bits per heavy atom. The third-order valence-electron chi connectivity index (χ3n) is 6.35. The topological polar surface area (TPSA) is 0 Å². The summed E-state index contributed by atoms with van der Waals surface area (Å²) >= 11 is 0. The van der Waals surface area contributed by atoms with Crippen LogP contribution in [0.5, 0.6) is 0 Å². The van der Waals surface area contributed by atoms with Gasteiger partial charge in [0.15, 0.2) is 0 Å². The number of allylic oxidation sites excluding steroid dienone is 1. The van der Waals surface area contributed by atoms with Crippen LogP contribution < -0.4 is 10.4 Å². The number of fused-ring (bicyclic) bond motifs is 2. The molecule has 194 valence electrons. The van der Waals surface area contributed by atoms with E-state index in [1.807, 2.05) is 13.8 Å². The molecule has 0 unspecified atom stereocenters. The lowest BCUT2D eigenvalue weighted by atomic mass is 9.81. The van der Waals surface area contributed by atoms with Crippen molar-refractivity contribution in [2.75, 3.05) is 0 Å². The monoisotopic (exact) mass is 518 g/mol.